The molecule has 196 valence electrons. The third-order valence-corrected chi connectivity index (χ3v) is 5.29. The number of hydrogen-bond acceptors (Lipinski definition) is 9. The summed E-state index contributed by atoms with van der Waals surface area (Å²) in [5, 5.41) is 19.3. The third kappa shape index (κ3) is 9.30. The molecule has 10 heteroatoms. The lowest BCUT2D eigenvalue weighted by Gasteiger charge is -2.24. The summed E-state index contributed by atoms with van der Waals surface area (Å²) in [6.07, 6.45) is 3.79. The molecule has 0 aliphatic heterocycles. The van der Waals surface area contributed by atoms with Crippen LogP contribution in [0.4, 0.5) is 22.7 Å². The van der Waals surface area contributed by atoms with Crippen molar-refractivity contribution in [1.29, 1.82) is 0 Å². The molecule has 0 saturated carbocycles. The van der Waals surface area contributed by atoms with Crippen LogP contribution in [0.15, 0.2) is 83.0 Å². The van der Waals surface area contributed by atoms with E-state index in [4.69, 9.17) is 9.47 Å². The molecule has 0 aliphatic rings. The summed E-state index contributed by atoms with van der Waals surface area (Å²) in [4.78, 5) is 34.5. The molecular weight excluding hydrogens is 488 g/mol. The van der Waals surface area contributed by atoms with Crippen molar-refractivity contribution in [1.82, 2.24) is 0 Å². The quantitative estimate of drug-likeness (QED) is 0.0934. The lowest BCUT2D eigenvalue weighted by atomic mass is 10.1. The minimum Gasteiger partial charge on any atom is -0.464 e. The summed E-state index contributed by atoms with van der Waals surface area (Å²) < 4.78 is 10.1. The van der Waals surface area contributed by atoms with Gasteiger partial charge in [0.2, 0.25) is 0 Å². The number of non-ortho nitro benzene ring substituents is 1. The van der Waals surface area contributed by atoms with Gasteiger partial charge < -0.3 is 14.4 Å². The first-order valence-electron chi connectivity index (χ1n) is 11.9. The Morgan fingerprint density at radius 3 is 1.61 bits per heavy atom. The molecule has 0 heterocycles. The fourth-order valence-corrected chi connectivity index (χ4v) is 3.37. The van der Waals surface area contributed by atoms with Crippen molar-refractivity contribution in [3.8, 4) is 0 Å². The molecule has 3 aromatic rings. The summed E-state index contributed by atoms with van der Waals surface area (Å²) in [7, 11) is 0. The van der Waals surface area contributed by atoms with Crippen LogP contribution in [0, 0.1) is 10.1 Å². The Kier molecular flexibility index (Phi) is 10.2. The zero-order valence-corrected chi connectivity index (χ0v) is 21.1. The van der Waals surface area contributed by atoms with Crippen molar-refractivity contribution < 1.29 is 24.0 Å². The SMILES string of the molecule is CC(=O)OCCN(CCOC(C)=O)c1ccc(N=Nc2ccc(/C=C/c3ccc([N+](=O)[O-])cc3)cc2)cc1. The van der Waals surface area contributed by atoms with Crippen LogP contribution in [0.3, 0.4) is 0 Å². The van der Waals surface area contributed by atoms with Gasteiger partial charge in [-0.3, -0.25) is 19.7 Å². The number of nitro groups is 1. The van der Waals surface area contributed by atoms with Crippen LogP contribution >= 0.6 is 0 Å². The molecule has 0 fully saturated rings. The number of carbonyl (C=O) groups is 2. The monoisotopic (exact) mass is 516 g/mol. The Morgan fingerprint density at radius 1 is 0.763 bits per heavy atom. The van der Waals surface area contributed by atoms with Crippen molar-refractivity contribution in [2.75, 3.05) is 31.2 Å². The van der Waals surface area contributed by atoms with Gasteiger partial charge in [-0.25, -0.2) is 0 Å². The predicted molar refractivity (Wildman–Crippen MR) is 145 cm³/mol. The lowest BCUT2D eigenvalue weighted by molar-refractivity contribution is -0.384. The van der Waals surface area contributed by atoms with E-state index in [1.165, 1.54) is 26.0 Å². The van der Waals surface area contributed by atoms with Crippen molar-refractivity contribution in [3.05, 3.63) is 94.0 Å². The first-order chi connectivity index (χ1) is 18.3. The minimum absolute atomic E-state index is 0.0577. The van der Waals surface area contributed by atoms with Crippen molar-refractivity contribution in [2.24, 2.45) is 10.2 Å². The number of nitro benzene ring substituents is 1. The van der Waals surface area contributed by atoms with Gasteiger partial charge in [0, 0.05) is 31.7 Å². The summed E-state index contributed by atoms with van der Waals surface area (Å²) in [6, 6.07) is 21.2. The first kappa shape index (κ1) is 27.7. The average Bonchev–Trinajstić information content (AvgIpc) is 2.90. The van der Waals surface area contributed by atoms with Crippen LogP contribution in [-0.4, -0.2) is 43.2 Å². The van der Waals surface area contributed by atoms with E-state index in [1.54, 1.807) is 12.1 Å². The summed E-state index contributed by atoms with van der Waals surface area (Å²) in [6.45, 7) is 4.05. The second kappa shape index (κ2) is 14.0. The molecule has 0 spiro atoms. The Bertz CT molecular complexity index is 1270. The van der Waals surface area contributed by atoms with Gasteiger partial charge in [0.05, 0.1) is 29.4 Å². The van der Waals surface area contributed by atoms with E-state index in [1.807, 2.05) is 65.6 Å². The Balaban J connectivity index is 1.59. The minimum atomic E-state index is -0.424. The molecule has 10 nitrogen and oxygen atoms in total. The van der Waals surface area contributed by atoms with Crippen LogP contribution < -0.4 is 4.90 Å². The van der Waals surface area contributed by atoms with Crippen LogP contribution in [0.25, 0.3) is 12.2 Å². The molecule has 0 amide bonds. The predicted octanol–water partition coefficient (Wildman–Crippen LogP) is 6.11. The fourth-order valence-electron chi connectivity index (χ4n) is 3.37. The van der Waals surface area contributed by atoms with Gasteiger partial charge in [-0.15, -0.1) is 0 Å². The average molecular weight is 517 g/mol. The Hall–Kier alpha value is -4.86. The zero-order chi connectivity index (χ0) is 27.3. The molecule has 0 N–H and O–H groups in total. The molecule has 0 aromatic heterocycles. The number of nitrogens with zero attached hydrogens (tertiary/aromatic N) is 4. The smallest absolute Gasteiger partial charge is 0.302 e. The number of anilines is 1. The van der Waals surface area contributed by atoms with Crippen LogP contribution in [0.5, 0.6) is 0 Å². The number of rotatable bonds is 12. The number of azo groups is 1. The standard InChI is InChI=1S/C28H28N4O6/c1-21(33)37-19-17-31(18-20-38-22(2)34)27-15-11-26(12-16-27)30-29-25-9-5-23(6-10-25)3-4-24-7-13-28(14-8-24)32(35)36/h3-16H,17-20H2,1-2H3/b4-3+,30-29?. The van der Waals surface area contributed by atoms with Crippen LogP contribution in [-0.2, 0) is 19.1 Å². The van der Waals surface area contributed by atoms with Gasteiger partial charge >= 0.3 is 11.9 Å². The summed E-state index contributed by atoms with van der Waals surface area (Å²) in [5.74, 6) is -0.705. The van der Waals surface area contributed by atoms with Gasteiger partial charge in [-0.05, 0) is 59.7 Å². The second-order valence-corrected chi connectivity index (χ2v) is 8.16. The normalized spacial score (nSPS) is 11.0. The first-order valence-corrected chi connectivity index (χ1v) is 11.9. The van der Waals surface area contributed by atoms with E-state index in [9.17, 15) is 19.7 Å². The van der Waals surface area contributed by atoms with Crippen LogP contribution in [0.2, 0.25) is 0 Å². The van der Waals surface area contributed by atoms with E-state index in [0.29, 0.717) is 24.5 Å². The van der Waals surface area contributed by atoms with Crippen LogP contribution in [0.1, 0.15) is 25.0 Å². The van der Waals surface area contributed by atoms with Gasteiger partial charge in [0.1, 0.15) is 13.2 Å². The van der Waals surface area contributed by atoms with E-state index < -0.39 is 4.92 Å². The number of benzene rings is 3. The van der Waals surface area contributed by atoms with E-state index in [2.05, 4.69) is 10.2 Å². The third-order valence-electron chi connectivity index (χ3n) is 5.29. The van der Waals surface area contributed by atoms with Gasteiger partial charge in [-0.1, -0.05) is 24.3 Å². The largest absolute Gasteiger partial charge is 0.464 e. The van der Waals surface area contributed by atoms with Gasteiger partial charge in [0.15, 0.2) is 0 Å². The number of ether oxygens (including phenoxy) is 2. The molecule has 3 rings (SSSR count). The highest BCUT2D eigenvalue weighted by Crippen LogP contribution is 2.23. The van der Waals surface area contributed by atoms with Crippen molar-refractivity contribution >= 4 is 46.8 Å². The molecule has 0 unspecified atom stereocenters. The molecule has 0 bridgehead atoms. The maximum atomic E-state index is 11.1. The second-order valence-electron chi connectivity index (χ2n) is 8.16. The molecule has 3 aromatic carbocycles. The van der Waals surface area contributed by atoms with E-state index in [-0.39, 0.29) is 30.8 Å². The van der Waals surface area contributed by atoms with E-state index >= 15 is 0 Å². The highest BCUT2D eigenvalue weighted by atomic mass is 16.6. The number of carbonyl (C=O) groups excluding carboxylic acids is 2. The highest BCUT2D eigenvalue weighted by Gasteiger charge is 2.09. The number of esters is 2. The Morgan fingerprint density at radius 2 is 1.18 bits per heavy atom. The Labute approximate surface area is 220 Å². The maximum absolute atomic E-state index is 11.1. The maximum Gasteiger partial charge on any atom is 0.302 e. The molecule has 0 atom stereocenters. The number of hydrogen-bond donors (Lipinski definition) is 0. The summed E-state index contributed by atoms with van der Waals surface area (Å²) >= 11 is 0. The van der Waals surface area contributed by atoms with Gasteiger partial charge in [0.25, 0.3) is 5.69 Å². The lowest BCUT2D eigenvalue weighted by Crippen LogP contribution is -2.31. The van der Waals surface area contributed by atoms with Crippen molar-refractivity contribution in [2.45, 2.75) is 13.8 Å². The zero-order valence-electron chi connectivity index (χ0n) is 21.1. The molecule has 0 saturated heterocycles. The van der Waals surface area contributed by atoms with Crippen molar-refractivity contribution in [3.63, 3.8) is 0 Å². The van der Waals surface area contributed by atoms with E-state index in [0.717, 1.165) is 16.8 Å². The fraction of sp³-hybridized carbons (Fsp3) is 0.214. The summed E-state index contributed by atoms with van der Waals surface area (Å²) in [5.41, 5.74) is 4.09. The van der Waals surface area contributed by atoms with Gasteiger partial charge in [-0.2, -0.15) is 10.2 Å². The highest BCUT2D eigenvalue weighted by molar-refractivity contribution is 5.70. The molecule has 0 radical (unpaired) electrons. The molecular formula is C28H28N4O6. The topological polar surface area (TPSA) is 124 Å². The molecule has 0 aliphatic carbocycles. The molecule has 38 heavy (non-hydrogen) atoms.